The Kier molecular flexibility index (Phi) is 2.10. The van der Waals surface area contributed by atoms with E-state index in [9.17, 15) is 0 Å². The number of aromatic amines is 1. The van der Waals surface area contributed by atoms with Gasteiger partial charge in [0.25, 0.3) is 0 Å². The molecule has 5 nitrogen and oxygen atoms in total. The monoisotopic (exact) mass is 203 g/mol. The highest BCUT2D eigenvalue weighted by molar-refractivity contribution is 5.72. The Labute approximate surface area is 87.3 Å². The third-order valence-corrected chi connectivity index (χ3v) is 2.92. The quantitative estimate of drug-likeness (QED) is 0.720. The minimum absolute atomic E-state index is 0.500. The number of H-pyrrole nitrogens is 1. The van der Waals surface area contributed by atoms with E-state index >= 15 is 0 Å². The lowest BCUT2D eigenvalue weighted by atomic mass is 9.96. The molecule has 78 valence electrons. The largest absolute Gasteiger partial charge is 0.316 e. The first-order valence-corrected chi connectivity index (χ1v) is 5.31. The van der Waals surface area contributed by atoms with Crippen LogP contribution in [0, 0.1) is 0 Å². The molecule has 0 spiro atoms. The van der Waals surface area contributed by atoms with Gasteiger partial charge in [0, 0.05) is 24.9 Å². The number of piperidine rings is 1. The second-order valence-electron chi connectivity index (χ2n) is 3.91. The SMILES string of the molecule is c1cnc2c([C@@H]3CCCNC3)[nH]nc2n1. The van der Waals surface area contributed by atoms with Gasteiger partial charge in [0.15, 0.2) is 5.65 Å². The number of hydrogen-bond acceptors (Lipinski definition) is 4. The van der Waals surface area contributed by atoms with E-state index in [4.69, 9.17) is 0 Å². The first kappa shape index (κ1) is 8.79. The molecule has 15 heavy (non-hydrogen) atoms. The second kappa shape index (κ2) is 3.58. The van der Waals surface area contributed by atoms with Crippen molar-refractivity contribution in [3.63, 3.8) is 0 Å². The summed E-state index contributed by atoms with van der Waals surface area (Å²) in [6, 6.07) is 0. The standard InChI is InChI=1S/C10H13N5/c1-2-7(6-11-3-1)8-9-10(15-14-8)13-5-4-12-9/h4-5,7,11H,1-3,6H2,(H,13,14,15)/t7-/m1/s1. The Morgan fingerprint density at radius 1 is 1.27 bits per heavy atom. The average Bonchev–Trinajstić information content (AvgIpc) is 2.74. The molecule has 1 saturated heterocycles. The van der Waals surface area contributed by atoms with Crippen LogP contribution in [0.15, 0.2) is 12.4 Å². The van der Waals surface area contributed by atoms with Gasteiger partial charge in [-0.3, -0.25) is 5.10 Å². The van der Waals surface area contributed by atoms with Gasteiger partial charge in [0.1, 0.15) is 5.52 Å². The van der Waals surface area contributed by atoms with E-state index in [-0.39, 0.29) is 0 Å². The zero-order valence-electron chi connectivity index (χ0n) is 8.40. The summed E-state index contributed by atoms with van der Waals surface area (Å²) in [5.41, 5.74) is 2.77. The molecule has 0 aliphatic carbocycles. The molecule has 0 saturated carbocycles. The Bertz CT molecular complexity index is 458. The van der Waals surface area contributed by atoms with Crippen LogP contribution in [-0.4, -0.2) is 33.3 Å². The first-order chi connectivity index (χ1) is 7.45. The van der Waals surface area contributed by atoms with E-state index in [1.54, 1.807) is 12.4 Å². The van der Waals surface area contributed by atoms with Gasteiger partial charge in [0.2, 0.25) is 0 Å². The molecule has 0 radical (unpaired) electrons. The summed E-state index contributed by atoms with van der Waals surface area (Å²) in [6.45, 7) is 2.13. The maximum Gasteiger partial charge on any atom is 0.199 e. The van der Waals surface area contributed by atoms with Gasteiger partial charge in [-0.15, -0.1) is 0 Å². The summed E-state index contributed by atoms with van der Waals surface area (Å²) in [7, 11) is 0. The first-order valence-electron chi connectivity index (χ1n) is 5.31. The predicted molar refractivity (Wildman–Crippen MR) is 56.5 cm³/mol. The van der Waals surface area contributed by atoms with Gasteiger partial charge in [-0.2, -0.15) is 5.10 Å². The molecule has 1 aliphatic heterocycles. The lowest BCUT2D eigenvalue weighted by Gasteiger charge is -2.21. The maximum atomic E-state index is 4.33. The summed E-state index contributed by atoms with van der Waals surface area (Å²) >= 11 is 0. The molecule has 3 heterocycles. The molecule has 1 aliphatic rings. The third kappa shape index (κ3) is 1.48. The zero-order chi connectivity index (χ0) is 10.1. The number of rotatable bonds is 1. The summed E-state index contributed by atoms with van der Waals surface area (Å²) in [6.07, 6.45) is 5.80. The molecule has 3 rings (SSSR count). The molecule has 1 fully saturated rings. The van der Waals surface area contributed by atoms with Crippen molar-refractivity contribution in [2.45, 2.75) is 18.8 Å². The van der Waals surface area contributed by atoms with Gasteiger partial charge < -0.3 is 5.32 Å². The van der Waals surface area contributed by atoms with Crippen molar-refractivity contribution in [2.75, 3.05) is 13.1 Å². The van der Waals surface area contributed by atoms with Crippen LogP contribution in [0.25, 0.3) is 11.2 Å². The van der Waals surface area contributed by atoms with Crippen LogP contribution in [0.4, 0.5) is 0 Å². The van der Waals surface area contributed by atoms with Crippen molar-refractivity contribution in [3.8, 4) is 0 Å². The summed E-state index contributed by atoms with van der Waals surface area (Å²) in [5, 5.41) is 10.6. The van der Waals surface area contributed by atoms with Crippen LogP contribution in [0.2, 0.25) is 0 Å². The van der Waals surface area contributed by atoms with Crippen molar-refractivity contribution in [2.24, 2.45) is 0 Å². The van der Waals surface area contributed by atoms with E-state index < -0.39 is 0 Å². The van der Waals surface area contributed by atoms with Crippen molar-refractivity contribution in [1.82, 2.24) is 25.5 Å². The Hall–Kier alpha value is -1.49. The van der Waals surface area contributed by atoms with Crippen LogP contribution >= 0.6 is 0 Å². The van der Waals surface area contributed by atoms with E-state index in [0.717, 1.165) is 29.9 Å². The summed E-state index contributed by atoms with van der Waals surface area (Å²) < 4.78 is 0. The molecule has 5 heteroatoms. The highest BCUT2D eigenvalue weighted by Crippen LogP contribution is 2.25. The van der Waals surface area contributed by atoms with Gasteiger partial charge in [0.05, 0.1) is 5.69 Å². The molecule has 1 atom stereocenters. The van der Waals surface area contributed by atoms with Gasteiger partial charge in [-0.25, -0.2) is 9.97 Å². The number of fused-ring (bicyclic) bond motifs is 1. The minimum Gasteiger partial charge on any atom is -0.316 e. The fourth-order valence-electron chi connectivity index (χ4n) is 2.15. The molecule has 0 amide bonds. The molecule has 2 aromatic heterocycles. The molecule has 0 unspecified atom stereocenters. The van der Waals surface area contributed by atoms with Crippen molar-refractivity contribution >= 4 is 11.2 Å². The molecular weight excluding hydrogens is 190 g/mol. The number of nitrogens with one attached hydrogen (secondary N) is 2. The normalized spacial score (nSPS) is 22.0. The molecule has 0 aromatic carbocycles. The van der Waals surface area contributed by atoms with Gasteiger partial charge in [-0.1, -0.05) is 0 Å². The number of nitrogens with zero attached hydrogens (tertiary/aromatic N) is 3. The summed E-state index contributed by atoms with van der Waals surface area (Å²) in [5.74, 6) is 0.500. The van der Waals surface area contributed by atoms with Crippen LogP contribution in [0.3, 0.4) is 0 Å². The van der Waals surface area contributed by atoms with Crippen LogP contribution < -0.4 is 5.32 Å². The third-order valence-electron chi connectivity index (χ3n) is 2.92. The second-order valence-corrected chi connectivity index (χ2v) is 3.91. The Balaban J connectivity index is 2.02. The van der Waals surface area contributed by atoms with Crippen molar-refractivity contribution in [3.05, 3.63) is 18.1 Å². The van der Waals surface area contributed by atoms with Crippen LogP contribution in [0.1, 0.15) is 24.5 Å². The Morgan fingerprint density at radius 2 is 2.20 bits per heavy atom. The number of hydrogen-bond donors (Lipinski definition) is 2. The topological polar surface area (TPSA) is 66.5 Å². The van der Waals surface area contributed by atoms with Crippen LogP contribution in [0.5, 0.6) is 0 Å². The molecule has 0 bridgehead atoms. The number of aromatic nitrogens is 4. The van der Waals surface area contributed by atoms with Gasteiger partial charge in [-0.05, 0) is 19.4 Å². The maximum absolute atomic E-state index is 4.33. The molecule has 2 aromatic rings. The minimum atomic E-state index is 0.500. The predicted octanol–water partition coefficient (Wildman–Crippen LogP) is 0.820. The zero-order valence-corrected chi connectivity index (χ0v) is 8.40. The molecular formula is C10H13N5. The highest BCUT2D eigenvalue weighted by atomic mass is 15.2. The van der Waals surface area contributed by atoms with E-state index in [1.165, 1.54) is 12.8 Å². The van der Waals surface area contributed by atoms with E-state index in [2.05, 4.69) is 25.5 Å². The molecule has 2 N–H and O–H groups in total. The fraction of sp³-hybridized carbons (Fsp3) is 0.500. The lowest BCUT2D eigenvalue weighted by Crippen LogP contribution is -2.28. The smallest absolute Gasteiger partial charge is 0.199 e. The average molecular weight is 203 g/mol. The fourth-order valence-corrected chi connectivity index (χ4v) is 2.15. The van der Waals surface area contributed by atoms with Gasteiger partial charge >= 0.3 is 0 Å². The lowest BCUT2D eigenvalue weighted by molar-refractivity contribution is 0.455. The van der Waals surface area contributed by atoms with Crippen molar-refractivity contribution in [1.29, 1.82) is 0 Å². The summed E-state index contributed by atoms with van der Waals surface area (Å²) in [4.78, 5) is 8.50. The van der Waals surface area contributed by atoms with E-state index in [0.29, 0.717) is 5.92 Å². The Morgan fingerprint density at radius 3 is 3.07 bits per heavy atom. The highest BCUT2D eigenvalue weighted by Gasteiger charge is 2.20. The van der Waals surface area contributed by atoms with Crippen LogP contribution in [-0.2, 0) is 0 Å². The van der Waals surface area contributed by atoms with E-state index in [1.807, 2.05) is 0 Å². The van der Waals surface area contributed by atoms with Crippen molar-refractivity contribution < 1.29 is 0 Å².